The molecule has 3 nitrogen and oxygen atoms in total. The number of amides is 1. The second kappa shape index (κ2) is 8.44. The lowest BCUT2D eigenvalue weighted by molar-refractivity contribution is -0.128. The Labute approximate surface area is 150 Å². The van der Waals surface area contributed by atoms with Gasteiger partial charge >= 0.3 is 0 Å². The summed E-state index contributed by atoms with van der Waals surface area (Å²) in [7, 11) is 0. The summed E-state index contributed by atoms with van der Waals surface area (Å²) in [6.45, 7) is 2.19. The van der Waals surface area contributed by atoms with Crippen LogP contribution < -0.4 is 10.1 Å². The average molecular weight is 373 g/mol. The van der Waals surface area contributed by atoms with Crippen molar-refractivity contribution in [2.24, 2.45) is 0 Å². The van der Waals surface area contributed by atoms with Gasteiger partial charge in [-0.3, -0.25) is 4.79 Å². The molecule has 0 aromatic heterocycles. The maximum absolute atomic E-state index is 12.3. The quantitative estimate of drug-likeness (QED) is 0.764. The zero-order valence-corrected chi connectivity index (χ0v) is 14.8. The Morgan fingerprint density at radius 1 is 1.13 bits per heavy atom. The summed E-state index contributed by atoms with van der Waals surface area (Å²) in [6, 6.07) is 12.1. The first kappa shape index (κ1) is 17.9. The first-order valence-electron chi connectivity index (χ1n) is 7.13. The SMILES string of the molecule is CC[C@H](Oc1cccc(Cl)c1)C(=O)NCc1ccc(Cl)cc1Cl. The molecule has 1 atom stereocenters. The number of benzene rings is 2. The Bertz CT molecular complexity index is 691. The number of nitrogens with one attached hydrogen (secondary N) is 1. The molecule has 2 rings (SSSR count). The van der Waals surface area contributed by atoms with Crippen LogP contribution in [0.1, 0.15) is 18.9 Å². The second-order valence-corrected chi connectivity index (χ2v) is 6.21. The highest BCUT2D eigenvalue weighted by atomic mass is 35.5. The molecule has 0 saturated carbocycles. The molecule has 122 valence electrons. The summed E-state index contributed by atoms with van der Waals surface area (Å²) >= 11 is 17.9. The van der Waals surface area contributed by atoms with E-state index in [1.807, 2.05) is 6.92 Å². The van der Waals surface area contributed by atoms with Gasteiger partial charge in [0.25, 0.3) is 5.91 Å². The first-order chi connectivity index (χ1) is 11.0. The van der Waals surface area contributed by atoms with E-state index in [9.17, 15) is 4.79 Å². The van der Waals surface area contributed by atoms with E-state index in [0.29, 0.717) is 33.8 Å². The third-order valence-corrected chi connectivity index (χ3v) is 4.03. The van der Waals surface area contributed by atoms with Crippen LogP contribution in [0.2, 0.25) is 15.1 Å². The summed E-state index contributed by atoms with van der Waals surface area (Å²) in [5.74, 6) is 0.350. The fourth-order valence-electron chi connectivity index (χ4n) is 1.99. The molecule has 0 fully saturated rings. The van der Waals surface area contributed by atoms with Crippen molar-refractivity contribution in [1.82, 2.24) is 5.32 Å². The van der Waals surface area contributed by atoms with E-state index >= 15 is 0 Å². The van der Waals surface area contributed by atoms with Crippen LogP contribution in [0.5, 0.6) is 5.75 Å². The zero-order chi connectivity index (χ0) is 16.8. The van der Waals surface area contributed by atoms with Crippen LogP contribution in [0.25, 0.3) is 0 Å². The fourth-order valence-corrected chi connectivity index (χ4v) is 2.64. The summed E-state index contributed by atoms with van der Waals surface area (Å²) in [5.41, 5.74) is 0.794. The molecule has 0 heterocycles. The van der Waals surface area contributed by atoms with Crippen LogP contribution in [0, 0.1) is 0 Å². The van der Waals surface area contributed by atoms with Crippen LogP contribution in [-0.4, -0.2) is 12.0 Å². The predicted octanol–water partition coefficient (Wildman–Crippen LogP) is 5.12. The van der Waals surface area contributed by atoms with Gasteiger partial charge in [-0.15, -0.1) is 0 Å². The van der Waals surface area contributed by atoms with Crippen molar-refractivity contribution in [2.75, 3.05) is 0 Å². The van der Waals surface area contributed by atoms with Crippen molar-refractivity contribution in [2.45, 2.75) is 26.0 Å². The monoisotopic (exact) mass is 371 g/mol. The van der Waals surface area contributed by atoms with Crippen LogP contribution in [0.4, 0.5) is 0 Å². The molecule has 0 aliphatic rings. The van der Waals surface area contributed by atoms with Gasteiger partial charge in [0.2, 0.25) is 0 Å². The molecule has 0 spiro atoms. The summed E-state index contributed by atoms with van der Waals surface area (Å²) in [6.07, 6.45) is -0.0632. The van der Waals surface area contributed by atoms with E-state index in [-0.39, 0.29) is 5.91 Å². The second-order valence-electron chi connectivity index (χ2n) is 4.93. The molecule has 2 aromatic carbocycles. The Hall–Kier alpha value is -1.42. The Kier molecular flexibility index (Phi) is 6.58. The molecular formula is C17H16Cl3NO2. The molecule has 0 unspecified atom stereocenters. The highest BCUT2D eigenvalue weighted by Crippen LogP contribution is 2.21. The zero-order valence-electron chi connectivity index (χ0n) is 12.5. The van der Waals surface area contributed by atoms with Crippen molar-refractivity contribution < 1.29 is 9.53 Å². The first-order valence-corrected chi connectivity index (χ1v) is 8.27. The van der Waals surface area contributed by atoms with Crippen molar-refractivity contribution in [3.63, 3.8) is 0 Å². The van der Waals surface area contributed by atoms with Gasteiger partial charge in [-0.1, -0.05) is 53.9 Å². The van der Waals surface area contributed by atoms with Gasteiger partial charge in [0.1, 0.15) is 5.75 Å². The molecule has 0 radical (unpaired) electrons. The highest BCUT2D eigenvalue weighted by Gasteiger charge is 2.18. The van der Waals surface area contributed by atoms with Gasteiger partial charge in [-0.25, -0.2) is 0 Å². The number of carbonyl (C=O) groups is 1. The highest BCUT2D eigenvalue weighted by molar-refractivity contribution is 6.35. The van der Waals surface area contributed by atoms with Gasteiger partial charge in [-0.2, -0.15) is 0 Å². The minimum absolute atomic E-state index is 0.210. The minimum Gasteiger partial charge on any atom is -0.481 e. The van der Waals surface area contributed by atoms with E-state index in [1.54, 1.807) is 42.5 Å². The smallest absolute Gasteiger partial charge is 0.261 e. The van der Waals surface area contributed by atoms with Gasteiger partial charge in [0.15, 0.2) is 6.10 Å². The predicted molar refractivity (Wildman–Crippen MR) is 94.5 cm³/mol. The Morgan fingerprint density at radius 3 is 2.52 bits per heavy atom. The molecule has 0 aliphatic heterocycles. The normalized spacial score (nSPS) is 11.8. The lowest BCUT2D eigenvalue weighted by atomic mass is 10.2. The third-order valence-electron chi connectivity index (χ3n) is 3.21. The Morgan fingerprint density at radius 2 is 1.87 bits per heavy atom. The molecule has 6 heteroatoms. The lowest BCUT2D eigenvalue weighted by Gasteiger charge is -2.17. The van der Waals surface area contributed by atoms with Crippen LogP contribution >= 0.6 is 34.8 Å². The van der Waals surface area contributed by atoms with Gasteiger partial charge in [0, 0.05) is 21.6 Å². The van der Waals surface area contributed by atoms with Crippen molar-refractivity contribution in [3.05, 3.63) is 63.1 Å². The standard InChI is InChI=1S/C17H16Cl3NO2/c1-2-16(23-14-5-3-4-12(18)8-14)17(22)21-10-11-6-7-13(19)9-15(11)20/h3-9,16H,2,10H2,1H3,(H,21,22)/t16-/m0/s1. The molecule has 2 aromatic rings. The summed E-state index contributed by atoms with van der Waals surface area (Å²) < 4.78 is 5.69. The van der Waals surface area contributed by atoms with Crippen LogP contribution in [0.15, 0.2) is 42.5 Å². The third kappa shape index (κ3) is 5.31. The number of hydrogen-bond donors (Lipinski definition) is 1. The number of carbonyl (C=O) groups excluding carboxylic acids is 1. The largest absolute Gasteiger partial charge is 0.481 e. The number of rotatable bonds is 6. The maximum Gasteiger partial charge on any atom is 0.261 e. The molecule has 23 heavy (non-hydrogen) atoms. The van der Waals surface area contributed by atoms with E-state index in [2.05, 4.69) is 5.32 Å². The maximum atomic E-state index is 12.3. The average Bonchev–Trinajstić information content (AvgIpc) is 2.51. The lowest BCUT2D eigenvalue weighted by Crippen LogP contribution is -2.37. The molecular weight excluding hydrogens is 357 g/mol. The minimum atomic E-state index is -0.598. The van der Waals surface area contributed by atoms with E-state index in [1.165, 1.54) is 0 Å². The summed E-state index contributed by atoms with van der Waals surface area (Å²) in [4.78, 5) is 12.3. The van der Waals surface area contributed by atoms with Crippen molar-refractivity contribution in [1.29, 1.82) is 0 Å². The van der Waals surface area contributed by atoms with E-state index in [4.69, 9.17) is 39.5 Å². The Balaban J connectivity index is 1.97. The van der Waals surface area contributed by atoms with Gasteiger partial charge in [0.05, 0.1) is 0 Å². The molecule has 0 aliphatic carbocycles. The van der Waals surface area contributed by atoms with Crippen molar-refractivity contribution in [3.8, 4) is 5.75 Å². The van der Waals surface area contributed by atoms with Crippen LogP contribution in [-0.2, 0) is 11.3 Å². The van der Waals surface area contributed by atoms with Crippen molar-refractivity contribution >= 4 is 40.7 Å². The van der Waals surface area contributed by atoms with E-state index in [0.717, 1.165) is 5.56 Å². The summed E-state index contributed by atoms with van der Waals surface area (Å²) in [5, 5.41) is 4.45. The number of ether oxygens (including phenoxy) is 1. The van der Waals surface area contributed by atoms with E-state index < -0.39 is 6.10 Å². The van der Waals surface area contributed by atoms with Gasteiger partial charge in [-0.05, 0) is 42.3 Å². The fraction of sp³-hybridized carbons (Fsp3) is 0.235. The molecule has 1 amide bonds. The van der Waals surface area contributed by atoms with Gasteiger partial charge < -0.3 is 10.1 Å². The van der Waals surface area contributed by atoms with Crippen LogP contribution in [0.3, 0.4) is 0 Å². The molecule has 1 N–H and O–H groups in total. The topological polar surface area (TPSA) is 38.3 Å². The number of hydrogen-bond acceptors (Lipinski definition) is 2. The molecule has 0 saturated heterocycles. The number of halogens is 3. The molecule has 0 bridgehead atoms.